The summed E-state index contributed by atoms with van der Waals surface area (Å²) in [5.41, 5.74) is 1.01. The molecule has 1 saturated heterocycles. The summed E-state index contributed by atoms with van der Waals surface area (Å²) in [6.45, 7) is 5.33. The van der Waals surface area contributed by atoms with E-state index in [4.69, 9.17) is 32.7 Å². The monoisotopic (exact) mass is 542 g/mol. The number of aromatic nitrogens is 3. The topological polar surface area (TPSA) is 93.5 Å². The van der Waals surface area contributed by atoms with E-state index in [-0.39, 0.29) is 28.0 Å². The van der Waals surface area contributed by atoms with E-state index in [9.17, 15) is 4.79 Å². The number of rotatable bonds is 8. The van der Waals surface area contributed by atoms with E-state index >= 15 is 0 Å². The molecule has 12 heteroatoms. The van der Waals surface area contributed by atoms with Crippen molar-refractivity contribution < 1.29 is 9.47 Å². The molecule has 2 aromatic heterocycles. The second-order valence-electron chi connectivity index (χ2n) is 7.97. The fourth-order valence-electron chi connectivity index (χ4n) is 4.18. The minimum atomic E-state index is -0.243. The lowest BCUT2D eigenvalue weighted by molar-refractivity contribution is 0.234. The number of methoxy groups -OCH3 is 2. The van der Waals surface area contributed by atoms with Gasteiger partial charge in [0, 0.05) is 63.0 Å². The van der Waals surface area contributed by atoms with E-state index in [1.54, 1.807) is 29.9 Å². The van der Waals surface area contributed by atoms with Gasteiger partial charge in [-0.2, -0.15) is 4.98 Å². The minimum Gasteiger partial charge on any atom is -0.495 e. The average Bonchev–Trinajstić information content (AvgIpc) is 2.86. The minimum absolute atomic E-state index is 0. The van der Waals surface area contributed by atoms with Gasteiger partial charge >= 0.3 is 0 Å². The van der Waals surface area contributed by atoms with Crippen molar-refractivity contribution in [2.45, 2.75) is 13.0 Å². The van der Waals surface area contributed by atoms with Crippen molar-refractivity contribution in [3.05, 3.63) is 38.7 Å². The Morgan fingerprint density at radius 1 is 1.09 bits per heavy atom. The van der Waals surface area contributed by atoms with E-state index in [0.717, 1.165) is 39.1 Å². The van der Waals surface area contributed by atoms with Gasteiger partial charge in [-0.15, -0.1) is 12.4 Å². The van der Waals surface area contributed by atoms with Crippen molar-refractivity contribution in [2.75, 3.05) is 59.3 Å². The van der Waals surface area contributed by atoms with Crippen LogP contribution in [0.3, 0.4) is 0 Å². The van der Waals surface area contributed by atoms with Gasteiger partial charge in [-0.1, -0.05) is 23.2 Å². The van der Waals surface area contributed by atoms with Crippen molar-refractivity contribution in [1.29, 1.82) is 0 Å². The first kappa shape index (κ1) is 27.3. The maximum atomic E-state index is 13.8. The smallest absolute Gasteiger partial charge is 0.260 e. The van der Waals surface area contributed by atoms with Gasteiger partial charge in [0.05, 0.1) is 29.8 Å². The first-order valence-corrected chi connectivity index (χ1v) is 11.9. The molecule has 3 aromatic rings. The number of pyridine rings is 1. The number of nitrogens with zero attached hydrogens (tertiary/aromatic N) is 4. The van der Waals surface area contributed by atoms with Crippen LogP contribution in [-0.4, -0.2) is 73.4 Å². The first-order valence-electron chi connectivity index (χ1n) is 11.1. The summed E-state index contributed by atoms with van der Waals surface area (Å²) in [7, 11) is 4.74. The van der Waals surface area contributed by atoms with E-state index in [1.165, 1.54) is 14.2 Å². The SMILES string of the molecule is CNc1ncc2cc(-c3c(Cl)c(OC)cc(OC)c3Cl)c(=O)n(CCCN3CCNCC3)c2n1.Cl. The van der Waals surface area contributed by atoms with Gasteiger partial charge < -0.3 is 25.0 Å². The predicted molar refractivity (Wildman–Crippen MR) is 143 cm³/mol. The zero-order valence-corrected chi connectivity index (χ0v) is 22.2. The summed E-state index contributed by atoms with van der Waals surface area (Å²) in [4.78, 5) is 25.1. The fraction of sp³-hybridized carbons (Fsp3) is 0.435. The number of anilines is 1. The van der Waals surface area contributed by atoms with Crippen LogP contribution < -0.4 is 25.7 Å². The van der Waals surface area contributed by atoms with Crippen molar-refractivity contribution in [1.82, 2.24) is 24.8 Å². The third kappa shape index (κ3) is 5.59. The molecule has 0 bridgehead atoms. The second kappa shape index (κ2) is 12.1. The molecule has 35 heavy (non-hydrogen) atoms. The quantitative estimate of drug-likeness (QED) is 0.446. The van der Waals surface area contributed by atoms with Crippen LogP contribution in [0, 0.1) is 0 Å². The van der Waals surface area contributed by atoms with Crippen LogP contribution in [0.4, 0.5) is 5.95 Å². The highest BCUT2D eigenvalue weighted by molar-refractivity contribution is 6.41. The normalized spacial score (nSPS) is 14.0. The standard InChI is InChI=1S/C23H28Cl2N6O3.ClH/c1-26-23-28-13-14-11-15(18-19(24)16(33-2)12-17(34-3)20(18)25)22(32)31(21(14)29-23)8-4-7-30-9-5-27-6-10-30;/h11-13,27H,4-10H2,1-3H3,(H,26,28,29);1H. The number of halogens is 3. The van der Waals surface area contributed by atoms with Crippen LogP contribution in [0.2, 0.25) is 10.0 Å². The molecule has 9 nitrogen and oxygen atoms in total. The number of aryl methyl sites for hydroxylation is 1. The molecule has 0 aliphatic carbocycles. The molecule has 3 heterocycles. The third-order valence-electron chi connectivity index (χ3n) is 5.96. The molecule has 2 N–H and O–H groups in total. The molecule has 0 unspecified atom stereocenters. The highest BCUT2D eigenvalue weighted by Crippen LogP contribution is 2.45. The van der Waals surface area contributed by atoms with E-state index < -0.39 is 0 Å². The fourth-order valence-corrected chi connectivity index (χ4v) is 4.88. The Kier molecular flexibility index (Phi) is 9.43. The Balaban J connectivity index is 0.00000342. The Hall–Kier alpha value is -2.30. The van der Waals surface area contributed by atoms with Gasteiger partial charge in [0.2, 0.25) is 5.95 Å². The van der Waals surface area contributed by atoms with Gasteiger partial charge in [-0.3, -0.25) is 9.36 Å². The lowest BCUT2D eigenvalue weighted by atomic mass is 10.0. The Morgan fingerprint density at radius 2 is 1.74 bits per heavy atom. The van der Waals surface area contributed by atoms with E-state index in [2.05, 4.69) is 25.5 Å². The Labute approximate surface area is 220 Å². The van der Waals surface area contributed by atoms with Crippen LogP contribution >= 0.6 is 35.6 Å². The molecule has 1 aliphatic rings. The van der Waals surface area contributed by atoms with Crippen molar-refractivity contribution in [2.24, 2.45) is 0 Å². The van der Waals surface area contributed by atoms with Gasteiger partial charge in [0.1, 0.15) is 17.1 Å². The molecular weight excluding hydrogens is 515 g/mol. The van der Waals surface area contributed by atoms with Crippen LogP contribution in [0.5, 0.6) is 11.5 Å². The average molecular weight is 544 g/mol. The predicted octanol–water partition coefficient (Wildman–Crippen LogP) is 3.54. The molecule has 1 aliphatic heterocycles. The molecule has 0 amide bonds. The zero-order chi connectivity index (χ0) is 24.2. The molecule has 190 valence electrons. The number of hydrogen-bond donors (Lipinski definition) is 2. The summed E-state index contributed by atoms with van der Waals surface area (Å²) in [5.74, 6) is 1.17. The second-order valence-corrected chi connectivity index (χ2v) is 8.72. The number of ether oxygens (including phenoxy) is 2. The van der Waals surface area contributed by atoms with Crippen LogP contribution in [-0.2, 0) is 6.54 Å². The largest absolute Gasteiger partial charge is 0.495 e. The summed E-state index contributed by atoms with van der Waals surface area (Å²) in [5, 5.41) is 7.48. The lowest BCUT2D eigenvalue weighted by Crippen LogP contribution is -2.44. The lowest BCUT2D eigenvalue weighted by Gasteiger charge is -2.27. The van der Waals surface area contributed by atoms with Gasteiger partial charge in [0.25, 0.3) is 5.56 Å². The number of fused-ring (bicyclic) bond motifs is 1. The highest BCUT2D eigenvalue weighted by atomic mass is 35.5. The van der Waals surface area contributed by atoms with Crippen molar-refractivity contribution in [3.63, 3.8) is 0 Å². The summed E-state index contributed by atoms with van der Waals surface area (Å²) in [6, 6.07) is 3.32. The summed E-state index contributed by atoms with van der Waals surface area (Å²) >= 11 is 13.3. The number of benzene rings is 1. The van der Waals surface area contributed by atoms with Gasteiger partial charge in [0.15, 0.2) is 0 Å². The first-order chi connectivity index (χ1) is 16.5. The van der Waals surface area contributed by atoms with Crippen LogP contribution in [0.25, 0.3) is 22.2 Å². The van der Waals surface area contributed by atoms with Crippen LogP contribution in [0.15, 0.2) is 23.1 Å². The van der Waals surface area contributed by atoms with E-state index in [0.29, 0.717) is 46.2 Å². The summed E-state index contributed by atoms with van der Waals surface area (Å²) in [6.07, 6.45) is 2.48. The molecule has 0 spiro atoms. The molecule has 4 rings (SSSR count). The molecule has 0 radical (unpaired) electrons. The Bertz CT molecular complexity index is 1220. The van der Waals surface area contributed by atoms with E-state index in [1.807, 2.05) is 0 Å². The van der Waals surface area contributed by atoms with Crippen molar-refractivity contribution >= 4 is 52.6 Å². The molecule has 1 aromatic carbocycles. The molecule has 0 atom stereocenters. The summed E-state index contributed by atoms with van der Waals surface area (Å²) < 4.78 is 12.5. The maximum Gasteiger partial charge on any atom is 0.260 e. The number of hydrogen-bond acceptors (Lipinski definition) is 8. The van der Waals surface area contributed by atoms with Gasteiger partial charge in [-0.05, 0) is 19.0 Å². The zero-order valence-electron chi connectivity index (χ0n) is 19.9. The highest BCUT2D eigenvalue weighted by Gasteiger charge is 2.23. The third-order valence-corrected chi connectivity index (χ3v) is 6.71. The maximum absolute atomic E-state index is 13.8. The molecule has 1 fully saturated rings. The molecule has 0 saturated carbocycles. The number of nitrogens with one attached hydrogen (secondary N) is 2. The molecular formula is C23H29Cl3N6O3. The van der Waals surface area contributed by atoms with Crippen LogP contribution in [0.1, 0.15) is 6.42 Å². The number of piperazine rings is 1. The van der Waals surface area contributed by atoms with Gasteiger partial charge in [-0.25, -0.2) is 4.98 Å². The van der Waals surface area contributed by atoms with Crippen molar-refractivity contribution in [3.8, 4) is 22.6 Å². The Morgan fingerprint density at radius 3 is 2.34 bits per heavy atom.